The topological polar surface area (TPSA) is 275 Å². The second-order valence-electron chi connectivity index (χ2n) is 10.3. The Labute approximate surface area is 284 Å². The van der Waals surface area contributed by atoms with E-state index in [9.17, 15) is 34.7 Å². The maximum absolute atomic E-state index is 13.0. The number of benzene rings is 2. The number of nitriles is 1. The second kappa shape index (κ2) is 14.1. The van der Waals surface area contributed by atoms with Crippen LogP contribution in [0, 0.1) is 11.3 Å². The molecule has 0 aliphatic rings. The van der Waals surface area contributed by atoms with Gasteiger partial charge in [-0.1, -0.05) is 0 Å². The Morgan fingerprint density at radius 3 is 2.27 bits per heavy atom. The van der Waals surface area contributed by atoms with Crippen LogP contribution in [0.2, 0.25) is 0 Å². The van der Waals surface area contributed by atoms with Gasteiger partial charge in [0.1, 0.15) is 6.33 Å². The van der Waals surface area contributed by atoms with E-state index in [1.807, 2.05) is 6.07 Å². The number of nitrogens with zero attached hydrogens (tertiary/aromatic N) is 10. The summed E-state index contributed by atoms with van der Waals surface area (Å²) >= 11 is 0. The van der Waals surface area contributed by atoms with E-state index < -0.39 is 23.8 Å². The fourth-order valence-corrected chi connectivity index (χ4v) is 4.74. The van der Waals surface area contributed by atoms with E-state index in [0.29, 0.717) is 5.82 Å². The van der Waals surface area contributed by atoms with Gasteiger partial charge in [0.05, 0.1) is 47.9 Å². The third-order valence-electron chi connectivity index (χ3n) is 7.21. The van der Waals surface area contributed by atoms with E-state index in [1.165, 1.54) is 55.9 Å². The van der Waals surface area contributed by atoms with Crippen molar-refractivity contribution in [3.05, 3.63) is 101 Å². The quantitative estimate of drug-likeness (QED) is 0.143. The van der Waals surface area contributed by atoms with E-state index in [2.05, 4.69) is 46.4 Å². The van der Waals surface area contributed by atoms with Gasteiger partial charge < -0.3 is 30.3 Å². The fraction of sp³-hybridized carbons (Fsp3) is 0.0968. The molecule has 0 fully saturated rings. The SMILES string of the molecule is COc1cc(C(=O)O)c(NC(=O)c2ccc(-n3ccnc3)nn2)cc1OCCc1cc(C(=O)O)c(NC(=O)c2ccc3nnnn3n2)cc1C#N. The predicted molar refractivity (Wildman–Crippen MR) is 171 cm³/mol. The molecule has 20 heteroatoms. The summed E-state index contributed by atoms with van der Waals surface area (Å²) < 4.78 is 13.8. The highest BCUT2D eigenvalue weighted by atomic mass is 16.5. The summed E-state index contributed by atoms with van der Waals surface area (Å²) in [6.45, 7) is -0.146. The number of carboxylic acids is 2. The fourth-order valence-electron chi connectivity index (χ4n) is 4.74. The third-order valence-corrected chi connectivity index (χ3v) is 7.21. The van der Waals surface area contributed by atoms with Crippen molar-refractivity contribution >= 4 is 40.8 Å². The van der Waals surface area contributed by atoms with Crippen LogP contribution in [0.5, 0.6) is 11.5 Å². The summed E-state index contributed by atoms with van der Waals surface area (Å²) in [5.74, 6) is -3.81. The molecule has 0 atom stereocenters. The summed E-state index contributed by atoms with van der Waals surface area (Å²) in [6.07, 6.45) is 4.69. The van der Waals surface area contributed by atoms with Gasteiger partial charge in [-0.2, -0.15) is 5.26 Å². The zero-order valence-corrected chi connectivity index (χ0v) is 26.1. The lowest BCUT2D eigenvalue weighted by atomic mass is 10.00. The molecule has 4 aromatic heterocycles. The van der Waals surface area contributed by atoms with Crippen LogP contribution >= 0.6 is 0 Å². The molecule has 0 radical (unpaired) electrons. The van der Waals surface area contributed by atoms with Gasteiger partial charge in [-0.15, -0.1) is 25.0 Å². The Hall–Kier alpha value is -7.82. The number of carbonyl (C=O) groups excluding carboxylic acids is 2. The molecule has 0 unspecified atom stereocenters. The van der Waals surface area contributed by atoms with Crippen LogP contribution in [0.25, 0.3) is 11.5 Å². The number of hydrogen-bond donors (Lipinski definition) is 4. The average molecular weight is 691 g/mol. The highest BCUT2D eigenvalue weighted by molar-refractivity contribution is 6.08. The third kappa shape index (κ3) is 7.06. The largest absolute Gasteiger partial charge is 0.493 e. The summed E-state index contributed by atoms with van der Waals surface area (Å²) in [5.41, 5.74) is -0.515. The molecule has 6 rings (SSSR count). The molecule has 0 aliphatic carbocycles. The number of carboxylic acid groups (broad SMARTS) is 2. The molecule has 4 heterocycles. The number of hydrogen-bond acceptors (Lipinski definition) is 14. The molecular weight excluding hydrogens is 668 g/mol. The first-order valence-corrected chi connectivity index (χ1v) is 14.5. The van der Waals surface area contributed by atoms with Crippen molar-refractivity contribution in [2.75, 3.05) is 24.4 Å². The standard InChI is InChI=1S/C31H22N12O8/c1-50-24-12-19(31(48)49)23(35-28(44)20-2-4-26(37-36-20)42-8-7-33-15-42)13-25(24)51-9-6-16-10-18(30(46)47)22(11-17(16)14-32)34-29(45)21-3-5-27-38-40-41-43(27)39-21/h2-5,7-8,10-13,15H,6,9H2,1H3,(H,34,45)(H,35,44)(H,46,47)(H,48,49). The second-order valence-corrected chi connectivity index (χ2v) is 10.3. The van der Waals surface area contributed by atoms with Crippen molar-refractivity contribution in [2.45, 2.75) is 6.42 Å². The normalized spacial score (nSPS) is 10.7. The van der Waals surface area contributed by atoms with E-state index in [0.717, 1.165) is 10.7 Å². The minimum atomic E-state index is -1.38. The van der Waals surface area contributed by atoms with Gasteiger partial charge in [-0.3, -0.25) is 14.2 Å². The summed E-state index contributed by atoms with van der Waals surface area (Å²) in [5, 5.41) is 57.2. The molecule has 4 N–H and O–H groups in total. The van der Waals surface area contributed by atoms with Crippen molar-refractivity contribution in [2.24, 2.45) is 0 Å². The van der Waals surface area contributed by atoms with E-state index in [-0.39, 0.29) is 75.2 Å². The molecule has 0 bridgehead atoms. The predicted octanol–water partition coefficient (Wildman–Crippen LogP) is 1.90. The molecule has 2 amide bonds. The number of amides is 2. The first-order chi connectivity index (χ1) is 24.6. The molecular formula is C31H22N12O8. The average Bonchev–Trinajstić information content (AvgIpc) is 3.84. The summed E-state index contributed by atoms with van der Waals surface area (Å²) in [4.78, 5) is 54.1. The van der Waals surface area contributed by atoms with Crippen LogP contribution in [-0.4, -0.2) is 92.7 Å². The Balaban J connectivity index is 1.20. The number of nitrogens with one attached hydrogen (secondary N) is 2. The van der Waals surface area contributed by atoms with E-state index in [1.54, 1.807) is 17.0 Å². The Morgan fingerprint density at radius 2 is 1.61 bits per heavy atom. The van der Waals surface area contributed by atoms with Crippen LogP contribution in [0.4, 0.5) is 11.4 Å². The zero-order chi connectivity index (χ0) is 36.1. The van der Waals surface area contributed by atoms with E-state index in [4.69, 9.17) is 9.47 Å². The van der Waals surface area contributed by atoms with Crippen LogP contribution in [0.15, 0.2) is 67.3 Å². The molecule has 0 saturated carbocycles. The van der Waals surface area contributed by atoms with Gasteiger partial charge in [0.2, 0.25) is 0 Å². The molecule has 0 spiro atoms. The van der Waals surface area contributed by atoms with Crippen LogP contribution in [0.3, 0.4) is 0 Å². The number of methoxy groups -OCH3 is 1. The highest BCUT2D eigenvalue weighted by Gasteiger charge is 2.22. The molecule has 6 aromatic rings. The van der Waals surface area contributed by atoms with Crippen LogP contribution < -0.4 is 20.1 Å². The van der Waals surface area contributed by atoms with Crippen molar-refractivity contribution in [1.82, 2.24) is 45.0 Å². The molecule has 0 saturated heterocycles. The lowest BCUT2D eigenvalue weighted by molar-refractivity contribution is 0.0686. The van der Waals surface area contributed by atoms with Gasteiger partial charge in [-0.25, -0.2) is 14.6 Å². The lowest BCUT2D eigenvalue weighted by Gasteiger charge is -2.16. The number of rotatable bonds is 12. The number of fused-ring (bicyclic) bond motifs is 1. The van der Waals surface area contributed by atoms with Crippen molar-refractivity contribution in [3.63, 3.8) is 0 Å². The maximum atomic E-state index is 13.0. The Morgan fingerprint density at radius 1 is 0.882 bits per heavy atom. The van der Waals surface area contributed by atoms with Gasteiger partial charge in [-0.05, 0) is 52.4 Å². The lowest BCUT2D eigenvalue weighted by Crippen LogP contribution is -2.18. The Bertz CT molecular complexity index is 2350. The van der Waals surface area contributed by atoms with Crippen molar-refractivity contribution < 1.29 is 38.9 Å². The minimum Gasteiger partial charge on any atom is -0.493 e. The number of ether oxygens (including phenoxy) is 2. The Kier molecular flexibility index (Phi) is 9.16. The minimum absolute atomic E-state index is 0.000691. The monoisotopic (exact) mass is 690 g/mol. The van der Waals surface area contributed by atoms with Gasteiger partial charge in [0.15, 0.2) is 34.4 Å². The highest BCUT2D eigenvalue weighted by Crippen LogP contribution is 2.34. The number of aromatic nitrogens is 9. The summed E-state index contributed by atoms with van der Waals surface area (Å²) in [6, 6.07) is 12.6. The maximum Gasteiger partial charge on any atom is 0.337 e. The number of anilines is 2. The number of carbonyl (C=O) groups is 4. The van der Waals surface area contributed by atoms with Gasteiger partial charge >= 0.3 is 11.9 Å². The number of aromatic carboxylic acids is 2. The number of tetrazole rings is 1. The first kappa shape index (κ1) is 33.1. The van der Waals surface area contributed by atoms with Crippen molar-refractivity contribution in [3.8, 4) is 23.4 Å². The van der Waals surface area contributed by atoms with Gasteiger partial charge in [0.25, 0.3) is 11.8 Å². The smallest absolute Gasteiger partial charge is 0.337 e. The first-order valence-electron chi connectivity index (χ1n) is 14.5. The molecule has 2 aromatic carbocycles. The molecule has 20 nitrogen and oxygen atoms in total. The van der Waals surface area contributed by atoms with Crippen molar-refractivity contribution in [1.29, 1.82) is 5.26 Å². The van der Waals surface area contributed by atoms with Crippen LogP contribution in [0.1, 0.15) is 52.8 Å². The molecule has 51 heavy (non-hydrogen) atoms. The van der Waals surface area contributed by atoms with Gasteiger partial charge in [0, 0.05) is 30.9 Å². The molecule has 254 valence electrons. The number of imidazole rings is 1. The molecule has 0 aliphatic heterocycles. The summed E-state index contributed by atoms with van der Waals surface area (Å²) in [7, 11) is 1.29. The zero-order valence-electron chi connectivity index (χ0n) is 26.1. The van der Waals surface area contributed by atoms with E-state index >= 15 is 0 Å². The van der Waals surface area contributed by atoms with Crippen LogP contribution in [-0.2, 0) is 6.42 Å².